The number of carbonyl (C=O) groups is 2. The van der Waals surface area contributed by atoms with Crippen molar-refractivity contribution in [1.29, 1.82) is 0 Å². The highest BCUT2D eigenvalue weighted by Gasteiger charge is 2.59. The van der Waals surface area contributed by atoms with E-state index in [0.29, 0.717) is 35.5 Å². The maximum absolute atomic E-state index is 14.2. The molecule has 1 fully saturated rings. The van der Waals surface area contributed by atoms with Gasteiger partial charge in [0, 0.05) is 24.3 Å². The fourth-order valence-electron chi connectivity index (χ4n) is 4.08. The van der Waals surface area contributed by atoms with Crippen LogP contribution in [-0.2, 0) is 21.0 Å². The summed E-state index contributed by atoms with van der Waals surface area (Å²) in [6.07, 6.45) is 0.324. The van der Waals surface area contributed by atoms with Crippen LogP contribution in [0.2, 0.25) is 0 Å². The molecule has 1 atom stereocenters. The van der Waals surface area contributed by atoms with E-state index in [4.69, 9.17) is 0 Å². The number of amides is 2. The van der Waals surface area contributed by atoms with Gasteiger partial charge in [0.15, 0.2) is 4.87 Å². The van der Waals surface area contributed by atoms with Crippen molar-refractivity contribution in [2.24, 2.45) is 5.92 Å². The van der Waals surface area contributed by atoms with E-state index >= 15 is 0 Å². The fourth-order valence-corrected chi connectivity index (χ4v) is 5.55. The van der Waals surface area contributed by atoms with E-state index in [0.717, 1.165) is 0 Å². The minimum Gasteiger partial charge on any atom is -0.315 e. The summed E-state index contributed by atoms with van der Waals surface area (Å²) < 4.78 is 27.8. The Hall–Kier alpha value is -2.41. The third kappa shape index (κ3) is 3.31. The lowest BCUT2D eigenvalue weighted by molar-refractivity contribution is -0.140. The summed E-state index contributed by atoms with van der Waals surface area (Å²) in [6.45, 7) is 4.50. The monoisotopic (exact) mass is 416 g/mol. The molecule has 0 saturated carbocycles. The second-order valence-corrected chi connectivity index (χ2v) is 9.11. The quantitative estimate of drug-likeness (QED) is 0.747. The summed E-state index contributed by atoms with van der Waals surface area (Å²) in [5.74, 6) is -0.473. The number of rotatable bonds is 4. The molecule has 0 unspecified atom stereocenters. The maximum atomic E-state index is 14.2. The zero-order chi connectivity index (χ0) is 20.8. The molecule has 0 aromatic heterocycles. The molecule has 4 rings (SSSR count). The molecule has 2 amide bonds. The molecule has 4 nitrogen and oxygen atoms in total. The summed E-state index contributed by atoms with van der Waals surface area (Å²) in [5, 5.41) is 0. The molecule has 0 radical (unpaired) electrons. The van der Waals surface area contributed by atoms with Crippen molar-refractivity contribution in [3.8, 4) is 0 Å². The van der Waals surface area contributed by atoms with Crippen LogP contribution in [0.1, 0.15) is 31.4 Å². The molecule has 7 heteroatoms. The predicted molar refractivity (Wildman–Crippen MR) is 109 cm³/mol. The van der Waals surface area contributed by atoms with Gasteiger partial charge in [-0.1, -0.05) is 26.0 Å². The number of anilines is 1. The number of fused-ring (bicyclic) bond motifs is 2. The van der Waals surface area contributed by atoms with Crippen molar-refractivity contribution in [2.75, 3.05) is 17.2 Å². The molecule has 152 valence electrons. The Balaban J connectivity index is 1.78. The topological polar surface area (TPSA) is 40.6 Å². The molecule has 1 spiro atoms. The average molecular weight is 416 g/mol. The lowest BCUT2D eigenvalue weighted by Gasteiger charge is -2.33. The lowest BCUT2D eigenvalue weighted by atomic mass is 10.0. The van der Waals surface area contributed by atoms with Crippen molar-refractivity contribution in [2.45, 2.75) is 31.7 Å². The molecule has 2 aliphatic heterocycles. The molecule has 2 aromatic rings. The summed E-state index contributed by atoms with van der Waals surface area (Å²) >= 11 is 1.37. The Bertz CT molecular complexity index is 981. The van der Waals surface area contributed by atoms with Crippen molar-refractivity contribution in [3.05, 3.63) is 65.2 Å². The van der Waals surface area contributed by atoms with E-state index in [9.17, 15) is 18.4 Å². The van der Waals surface area contributed by atoms with E-state index in [1.54, 1.807) is 23.1 Å². The number of hydrogen-bond acceptors (Lipinski definition) is 3. The highest BCUT2D eigenvalue weighted by Crippen LogP contribution is 2.54. The van der Waals surface area contributed by atoms with Gasteiger partial charge in [0.2, 0.25) is 5.91 Å². The smallest absolute Gasteiger partial charge is 0.268 e. The molecule has 2 heterocycles. The summed E-state index contributed by atoms with van der Waals surface area (Å²) in [5.41, 5.74) is 1.70. The zero-order valence-corrected chi connectivity index (χ0v) is 17.1. The van der Waals surface area contributed by atoms with Gasteiger partial charge in [-0.15, -0.1) is 11.8 Å². The molecule has 0 aliphatic carbocycles. The second kappa shape index (κ2) is 7.44. The molecular weight excluding hydrogens is 394 g/mol. The van der Waals surface area contributed by atoms with Crippen LogP contribution in [0.5, 0.6) is 0 Å². The molecule has 1 saturated heterocycles. The van der Waals surface area contributed by atoms with Crippen LogP contribution in [-0.4, -0.2) is 29.0 Å². The number of hydrogen-bond donors (Lipinski definition) is 0. The van der Waals surface area contributed by atoms with Gasteiger partial charge >= 0.3 is 0 Å². The third-order valence-corrected chi connectivity index (χ3v) is 6.69. The van der Waals surface area contributed by atoms with Crippen LogP contribution in [0.4, 0.5) is 14.5 Å². The van der Waals surface area contributed by atoms with E-state index in [2.05, 4.69) is 0 Å². The number of nitrogens with zero attached hydrogens (tertiary/aromatic N) is 2. The minimum atomic E-state index is -1.25. The first-order chi connectivity index (χ1) is 13.8. The molecule has 2 aromatic carbocycles. The normalized spacial score (nSPS) is 20.8. The number of halogens is 2. The summed E-state index contributed by atoms with van der Waals surface area (Å²) in [4.78, 5) is 28.5. The number of thioether (sulfide) groups is 1. The highest BCUT2D eigenvalue weighted by atomic mass is 32.2. The van der Waals surface area contributed by atoms with Crippen LogP contribution in [0.25, 0.3) is 0 Å². The zero-order valence-electron chi connectivity index (χ0n) is 16.3. The number of benzene rings is 2. The van der Waals surface area contributed by atoms with Gasteiger partial charge < -0.3 is 9.80 Å². The van der Waals surface area contributed by atoms with Crippen molar-refractivity contribution >= 4 is 29.3 Å². The predicted octanol–water partition coefficient (Wildman–Crippen LogP) is 4.29. The Morgan fingerprint density at radius 2 is 1.93 bits per heavy atom. The van der Waals surface area contributed by atoms with Gasteiger partial charge in [0.05, 0.1) is 12.2 Å². The van der Waals surface area contributed by atoms with E-state index in [1.807, 2.05) is 13.8 Å². The molecule has 29 heavy (non-hydrogen) atoms. The van der Waals surface area contributed by atoms with E-state index in [1.165, 1.54) is 40.9 Å². The van der Waals surface area contributed by atoms with Crippen LogP contribution >= 0.6 is 11.8 Å². The maximum Gasteiger partial charge on any atom is 0.268 e. The van der Waals surface area contributed by atoms with Crippen molar-refractivity contribution < 1.29 is 18.4 Å². The largest absolute Gasteiger partial charge is 0.315 e. The first-order valence-corrected chi connectivity index (χ1v) is 10.6. The minimum absolute atomic E-state index is 0.110. The van der Waals surface area contributed by atoms with Crippen LogP contribution in [0.3, 0.4) is 0 Å². The molecule has 2 aliphatic rings. The average Bonchev–Trinajstić information content (AvgIpc) is 3.19. The van der Waals surface area contributed by atoms with Crippen molar-refractivity contribution in [3.63, 3.8) is 0 Å². The molecule has 0 N–H and O–H groups in total. The van der Waals surface area contributed by atoms with E-state index < -0.39 is 10.7 Å². The van der Waals surface area contributed by atoms with Gasteiger partial charge in [-0.25, -0.2) is 8.78 Å². The Morgan fingerprint density at radius 1 is 1.17 bits per heavy atom. The standard InChI is InChI=1S/C22H22F2N2O2S/c1-14(2)10-20(27)26-8-9-29-22(26)18-12-17(24)6-7-19(18)25(21(22)28)13-15-4-3-5-16(23)11-15/h3-7,11-12,14H,8-10,13H2,1-2H3/t22-/m0/s1. The fraction of sp³-hybridized carbons (Fsp3) is 0.364. The Labute approximate surface area is 172 Å². The first kappa shape index (κ1) is 19.9. The van der Waals surface area contributed by atoms with E-state index in [-0.39, 0.29) is 30.1 Å². The Morgan fingerprint density at radius 3 is 2.66 bits per heavy atom. The summed E-state index contributed by atoms with van der Waals surface area (Å²) in [7, 11) is 0. The SMILES string of the molecule is CC(C)CC(=O)N1CCS[C@@]12C(=O)N(Cc1cccc(F)c1)c1ccc(F)cc12. The lowest BCUT2D eigenvalue weighted by Crippen LogP contribution is -2.50. The highest BCUT2D eigenvalue weighted by molar-refractivity contribution is 8.01. The van der Waals surface area contributed by atoms with Crippen LogP contribution in [0, 0.1) is 17.6 Å². The van der Waals surface area contributed by atoms with Gasteiger partial charge in [-0.3, -0.25) is 9.59 Å². The van der Waals surface area contributed by atoms with Gasteiger partial charge in [0.25, 0.3) is 5.91 Å². The number of carbonyl (C=O) groups excluding carboxylic acids is 2. The van der Waals surface area contributed by atoms with Gasteiger partial charge in [-0.2, -0.15) is 0 Å². The second-order valence-electron chi connectivity index (χ2n) is 7.82. The van der Waals surface area contributed by atoms with Crippen LogP contribution in [0.15, 0.2) is 42.5 Å². The van der Waals surface area contributed by atoms with Gasteiger partial charge in [-0.05, 0) is 41.8 Å². The van der Waals surface area contributed by atoms with Crippen molar-refractivity contribution in [1.82, 2.24) is 4.90 Å². The Kier molecular flexibility index (Phi) is 5.11. The molecular formula is C22H22F2N2O2S. The van der Waals surface area contributed by atoms with Crippen LogP contribution < -0.4 is 4.90 Å². The third-order valence-electron chi connectivity index (χ3n) is 5.27. The first-order valence-electron chi connectivity index (χ1n) is 9.64. The molecule has 0 bridgehead atoms. The summed E-state index contributed by atoms with van der Waals surface area (Å²) in [6, 6.07) is 10.3. The van der Waals surface area contributed by atoms with Gasteiger partial charge in [0.1, 0.15) is 11.6 Å².